The summed E-state index contributed by atoms with van der Waals surface area (Å²) in [4.78, 5) is 41.3. The Morgan fingerprint density at radius 2 is 2.00 bits per heavy atom. The molecule has 7 nitrogen and oxygen atoms in total. The number of hydrogen-bond donors (Lipinski definition) is 1. The smallest absolute Gasteiger partial charge is 0.303 e. The van der Waals surface area contributed by atoms with E-state index in [1.54, 1.807) is 6.20 Å². The predicted octanol–water partition coefficient (Wildman–Crippen LogP) is 4.93. The van der Waals surface area contributed by atoms with E-state index in [1.165, 1.54) is 13.8 Å². The lowest BCUT2D eigenvalue weighted by atomic mass is 9.63. The van der Waals surface area contributed by atoms with Gasteiger partial charge in [-0.15, -0.1) is 0 Å². The summed E-state index contributed by atoms with van der Waals surface area (Å²) in [5, 5.41) is 4.99. The van der Waals surface area contributed by atoms with E-state index in [0.29, 0.717) is 37.1 Å². The number of fused-ring (bicyclic) bond motifs is 4. The Labute approximate surface area is 228 Å². The number of benzene rings is 1. The van der Waals surface area contributed by atoms with Crippen molar-refractivity contribution in [3.8, 4) is 0 Å². The van der Waals surface area contributed by atoms with Gasteiger partial charge in [0, 0.05) is 68.3 Å². The van der Waals surface area contributed by atoms with Crippen LogP contribution in [0.4, 0.5) is 0 Å². The summed E-state index contributed by atoms with van der Waals surface area (Å²) in [5.41, 5.74) is 1.61. The summed E-state index contributed by atoms with van der Waals surface area (Å²) in [6.45, 7) is 7.69. The molecule has 0 saturated heterocycles. The highest BCUT2D eigenvalue weighted by Crippen LogP contribution is 2.65. The average Bonchev–Trinajstić information content (AvgIpc) is 3.12. The minimum atomic E-state index is -0.767. The maximum atomic E-state index is 13.1. The van der Waals surface area contributed by atoms with Crippen LogP contribution in [0.1, 0.15) is 58.4 Å². The van der Waals surface area contributed by atoms with Crippen molar-refractivity contribution in [3.05, 3.63) is 77.4 Å². The van der Waals surface area contributed by atoms with Gasteiger partial charge < -0.3 is 14.8 Å². The van der Waals surface area contributed by atoms with Gasteiger partial charge in [0.05, 0.1) is 5.57 Å². The van der Waals surface area contributed by atoms with Crippen molar-refractivity contribution < 1.29 is 23.9 Å². The Kier molecular flexibility index (Phi) is 6.01. The highest BCUT2D eigenvalue weighted by molar-refractivity contribution is 6.00. The summed E-state index contributed by atoms with van der Waals surface area (Å²) in [5.74, 6) is 0.252. The molecule has 2 unspecified atom stereocenters. The molecular weight excluding hydrogens is 492 g/mol. The van der Waals surface area contributed by atoms with Crippen LogP contribution < -0.4 is 5.32 Å². The van der Waals surface area contributed by atoms with Crippen LogP contribution in [0.5, 0.6) is 0 Å². The third-order valence-corrected chi connectivity index (χ3v) is 9.16. The van der Waals surface area contributed by atoms with E-state index in [4.69, 9.17) is 9.47 Å². The minimum absolute atomic E-state index is 0.00699. The van der Waals surface area contributed by atoms with Crippen molar-refractivity contribution in [1.82, 2.24) is 10.3 Å². The van der Waals surface area contributed by atoms with Gasteiger partial charge in [-0.2, -0.15) is 0 Å². The molecule has 3 aliphatic carbocycles. The average molecular weight is 527 g/mol. The molecule has 6 rings (SSSR count). The van der Waals surface area contributed by atoms with Crippen LogP contribution in [0.3, 0.4) is 0 Å². The number of ether oxygens (including phenoxy) is 2. The molecule has 0 bridgehead atoms. The largest absolute Gasteiger partial charge is 0.489 e. The Morgan fingerprint density at radius 1 is 1.18 bits per heavy atom. The lowest BCUT2D eigenvalue weighted by Gasteiger charge is -2.45. The number of esters is 1. The van der Waals surface area contributed by atoms with Crippen molar-refractivity contribution >= 4 is 28.4 Å². The number of rotatable bonds is 4. The van der Waals surface area contributed by atoms with Gasteiger partial charge in [-0.1, -0.05) is 37.3 Å². The fraction of sp³-hybridized carbons (Fsp3) is 0.438. The molecule has 0 spiro atoms. The Bertz CT molecular complexity index is 1480. The van der Waals surface area contributed by atoms with Crippen LogP contribution in [-0.2, 0) is 23.9 Å². The van der Waals surface area contributed by atoms with Gasteiger partial charge in [0.25, 0.3) is 0 Å². The van der Waals surface area contributed by atoms with E-state index in [9.17, 15) is 14.4 Å². The summed E-state index contributed by atoms with van der Waals surface area (Å²) in [6, 6.07) is 8.26. The number of Topliss-reactive ketones (excluding diaryl/α,β-unsaturated/α-hetero) is 1. The second-order valence-electron chi connectivity index (χ2n) is 11.9. The number of amides is 1. The van der Waals surface area contributed by atoms with E-state index in [2.05, 4.69) is 41.5 Å². The zero-order chi connectivity index (χ0) is 27.5. The van der Waals surface area contributed by atoms with Gasteiger partial charge in [-0.3, -0.25) is 19.4 Å². The van der Waals surface area contributed by atoms with E-state index < -0.39 is 5.60 Å². The zero-order valence-electron chi connectivity index (χ0n) is 22.8. The monoisotopic (exact) mass is 526 g/mol. The molecule has 4 aliphatic rings. The first kappa shape index (κ1) is 25.5. The summed E-state index contributed by atoms with van der Waals surface area (Å²) < 4.78 is 12.9. The van der Waals surface area contributed by atoms with Gasteiger partial charge in [-0.25, -0.2) is 0 Å². The maximum Gasteiger partial charge on any atom is 0.303 e. The molecule has 1 fully saturated rings. The molecule has 1 aromatic heterocycles. The van der Waals surface area contributed by atoms with Gasteiger partial charge in [0.15, 0.2) is 5.78 Å². The fourth-order valence-electron chi connectivity index (χ4n) is 7.67. The van der Waals surface area contributed by atoms with Crippen LogP contribution in [-0.4, -0.2) is 40.9 Å². The molecule has 39 heavy (non-hydrogen) atoms. The van der Waals surface area contributed by atoms with Gasteiger partial charge >= 0.3 is 5.97 Å². The standard InChI is InChI=1S/C32H34N2O5/c1-18(35)34-16-20-12-27(37)25-14-21-8-10-31(3)26(29(21)38-28(25)13-20)15-32(4,39-19(2)36)30(31)24-7-5-6-22-17-33-11-9-23(22)24/h5-11,14,17,20,26,29-30H,12-13,15-16H2,1-4H3,(H,34,35)/t20?,26-,29+,30+,31-,32?/m0/s1. The Balaban J connectivity index is 1.41. The van der Waals surface area contributed by atoms with Gasteiger partial charge in [-0.05, 0) is 47.9 Å². The molecule has 1 N–H and O–H groups in total. The molecule has 1 amide bonds. The first-order chi connectivity index (χ1) is 18.6. The van der Waals surface area contributed by atoms with E-state index in [1.807, 2.05) is 31.3 Å². The SMILES string of the molecule is CC(=O)NCC1CC(=O)C2=C(C1)O[C@@H]1C(=C2)C=C[C@@]2(C)[C@H]1CC(C)(OC(C)=O)[C@@H]2c1cccc2cnccc12. The number of hydrogen-bond acceptors (Lipinski definition) is 6. The molecule has 0 radical (unpaired) electrons. The van der Waals surface area contributed by atoms with Crippen LogP contribution in [0.15, 0.2) is 71.8 Å². The van der Waals surface area contributed by atoms with E-state index in [-0.39, 0.29) is 46.9 Å². The molecular formula is C32H34N2O5. The van der Waals surface area contributed by atoms with Crippen molar-refractivity contribution in [2.75, 3.05) is 6.54 Å². The van der Waals surface area contributed by atoms with Crippen molar-refractivity contribution in [2.24, 2.45) is 17.3 Å². The summed E-state index contributed by atoms with van der Waals surface area (Å²) >= 11 is 0. The van der Waals surface area contributed by atoms with Crippen molar-refractivity contribution in [2.45, 2.75) is 64.6 Å². The molecule has 1 aliphatic heterocycles. The topological polar surface area (TPSA) is 94.6 Å². The number of aromatic nitrogens is 1. The van der Waals surface area contributed by atoms with Crippen LogP contribution >= 0.6 is 0 Å². The van der Waals surface area contributed by atoms with Crippen molar-refractivity contribution in [3.63, 3.8) is 0 Å². The molecule has 1 saturated carbocycles. The number of nitrogens with one attached hydrogen (secondary N) is 1. The first-order valence-corrected chi connectivity index (χ1v) is 13.7. The highest BCUT2D eigenvalue weighted by Gasteiger charge is 2.63. The second kappa shape index (κ2) is 9.18. The number of allylic oxidation sites excluding steroid dienone is 4. The molecule has 2 heterocycles. The quantitative estimate of drug-likeness (QED) is 0.568. The number of nitrogens with zero attached hydrogens (tertiary/aromatic N) is 1. The molecule has 202 valence electrons. The molecule has 6 atom stereocenters. The van der Waals surface area contributed by atoms with E-state index in [0.717, 1.165) is 21.9 Å². The number of carbonyl (C=O) groups excluding carboxylic acids is 3. The summed E-state index contributed by atoms with van der Waals surface area (Å²) in [6.07, 6.45) is 11.4. The summed E-state index contributed by atoms with van der Waals surface area (Å²) in [7, 11) is 0. The Morgan fingerprint density at radius 3 is 2.77 bits per heavy atom. The second-order valence-corrected chi connectivity index (χ2v) is 11.9. The van der Waals surface area contributed by atoms with Crippen molar-refractivity contribution in [1.29, 1.82) is 0 Å². The molecule has 1 aromatic carbocycles. The maximum absolute atomic E-state index is 13.1. The van der Waals surface area contributed by atoms with Crippen LogP contribution in [0.2, 0.25) is 0 Å². The van der Waals surface area contributed by atoms with Crippen LogP contribution in [0, 0.1) is 17.3 Å². The number of ketones is 1. The third-order valence-electron chi connectivity index (χ3n) is 9.16. The lowest BCUT2D eigenvalue weighted by Crippen LogP contribution is -2.42. The minimum Gasteiger partial charge on any atom is -0.489 e. The third kappa shape index (κ3) is 4.19. The van der Waals surface area contributed by atoms with Gasteiger partial charge in [0.1, 0.15) is 17.5 Å². The zero-order valence-corrected chi connectivity index (χ0v) is 22.8. The van der Waals surface area contributed by atoms with E-state index >= 15 is 0 Å². The first-order valence-electron chi connectivity index (χ1n) is 13.7. The normalized spacial score (nSPS) is 33.0. The van der Waals surface area contributed by atoms with Gasteiger partial charge in [0.2, 0.25) is 5.91 Å². The molecule has 7 heteroatoms. The number of pyridine rings is 1. The van der Waals surface area contributed by atoms with Crippen LogP contribution in [0.25, 0.3) is 10.8 Å². The highest BCUT2D eigenvalue weighted by atomic mass is 16.6. The lowest BCUT2D eigenvalue weighted by molar-refractivity contribution is -0.157. The fourth-order valence-corrected chi connectivity index (χ4v) is 7.67. The predicted molar refractivity (Wildman–Crippen MR) is 146 cm³/mol. The molecule has 2 aromatic rings. The Hall–Kier alpha value is -3.74. The number of carbonyl (C=O) groups is 3.